The maximum Gasteiger partial charge on any atom is 0.462 e. The summed E-state index contributed by atoms with van der Waals surface area (Å²) < 4.78 is 97.4. The molecule has 0 aliphatic carbocycles. The molecule has 1 aromatic rings. The van der Waals surface area contributed by atoms with Gasteiger partial charge in [0.2, 0.25) is 0 Å². The van der Waals surface area contributed by atoms with Crippen LogP contribution in [0.1, 0.15) is 5.56 Å². The average Bonchev–Trinajstić information content (AvgIpc) is 2.52. The van der Waals surface area contributed by atoms with Crippen LogP contribution in [0.5, 0.6) is 11.5 Å². The third kappa shape index (κ3) is 4.77. The minimum absolute atomic E-state index is 0.0847. The van der Waals surface area contributed by atoms with Crippen LogP contribution in [-0.4, -0.2) is 38.1 Å². The second-order valence-corrected chi connectivity index (χ2v) is 4.53. The van der Waals surface area contributed by atoms with Gasteiger partial charge in [-0.25, -0.2) is 5.43 Å². The second-order valence-electron chi connectivity index (χ2n) is 4.53. The third-order valence-electron chi connectivity index (χ3n) is 2.71. The molecular weight excluding hydrogens is 361 g/mol. The van der Waals surface area contributed by atoms with Crippen molar-refractivity contribution in [2.45, 2.75) is 18.1 Å². The van der Waals surface area contributed by atoms with Gasteiger partial charge in [-0.05, 0) is 23.8 Å². The molecule has 0 amide bonds. The molecule has 1 N–H and O–H groups in total. The molecule has 1 rings (SSSR count). The van der Waals surface area contributed by atoms with Gasteiger partial charge in [-0.1, -0.05) is 12.7 Å². The van der Waals surface area contributed by atoms with E-state index in [1.54, 1.807) is 0 Å². The minimum atomic E-state index is -6.44. The molecule has 0 aliphatic rings. The average molecular weight is 374 g/mol. The predicted octanol–water partition coefficient (Wildman–Crippen LogP) is 3.97. The first-order valence-corrected chi connectivity index (χ1v) is 6.50. The van der Waals surface area contributed by atoms with Crippen molar-refractivity contribution in [3.8, 4) is 11.5 Å². The van der Waals surface area contributed by atoms with Gasteiger partial charge in [-0.15, -0.1) is 0 Å². The lowest BCUT2D eigenvalue weighted by molar-refractivity contribution is -0.361. The van der Waals surface area contributed by atoms with Crippen molar-refractivity contribution >= 4 is 6.21 Å². The monoisotopic (exact) mass is 374 g/mol. The summed E-state index contributed by atoms with van der Waals surface area (Å²) in [5, 5.41) is 2.74. The van der Waals surface area contributed by atoms with Gasteiger partial charge in [0.15, 0.2) is 11.5 Å². The Morgan fingerprint density at radius 3 is 2.28 bits per heavy atom. The summed E-state index contributed by atoms with van der Waals surface area (Å²) in [6.07, 6.45) is -4.35. The lowest BCUT2D eigenvalue weighted by Crippen LogP contribution is -2.58. The molecule has 0 fully saturated rings. The van der Waals surface area contributed by atoms with Crippen molar-refractivity contribution in [2.24, 2.45) is 5.10 Å². The molecule has 0 aliphatic heterocycles. The second kappa shape index (κ2) is 7.62. The van der Waals surface area contributed by atoms with Gasteiger partial charge in [-0.2, -0.15) is 35.8 Å². The van der Waals surface area contributed by atoms with E-state index in [9.17, 15) is 30.7 Å². The van der Waals surface area contributed by atoms with Crippen molar-refractivity contribution in [3.05, 3.63) is 36.4 Å². The van der Waals surface area contributed by atoms with Crippen LogP contribution in [-0.2, 0) is 0 Å². The van der Waals surface area contributed by atoms with Crippen LogP contribution in [0.2, 0.25) is 0 Å². The molecule has 0 spiro atoms. The first kappa shape index (κ1) is 20.6. The van der Waals surface area contributed by atoms with E-state index in [2.05, 4.69) is 11.7 Å². The van der Waals surface area contributed by atoms with Crippen LogP contribution in [0, 0.1) is 0 Å². The van der Waals surface area contributed by atoms with E-state index in [0.717, 1.165) is 0 Å². The van der Waals surface area contributed by atoms with E-state index in [-0.39, 0.29) is 23.7 Å². The van der Waals surface area contributed by atoms with E-state index >= 15 is 0 Å². The highest BCUT2D eigenvalue weighted by molar-refractivity contribution is 5.80. The van der Waals surface area contributed by atoms with Gasteiger partial charge < -0.3 is 9.47 Å². The fourth-order valence-electron chi connectivity index (χ4n) is 1.47. The summed E-state index contributed by atoms with van der Waals surface area (Å²) in [5.74, 6) is -5.85. The van der Waals surface area contributed by atoms with E-state index in [0.29, 0.717) is 11.6 Å². The molecule has 25 heavy (non-hydrogen) atoms. The number of hydrogen-bond donors (Lipinski definition) is 1. The van der Waals surface area contributed by atoms with Crippen LogP contribution >= 0.6 is 0 Å². The molecule has 4 nitrogen and oxygen atoms in total. The van der Waals surface area contributed by atoms with Gasteiger partial charge >= 0.3 is 18.1 Å². The first-order valence-electron chi connectivity index (χ1n) is 6.50. The Morgan fingerprint density at radius 1 is 1.12 bits per heavy atom. The Labute approximate surface area is 137 Å². The highest BCUT2D eigenvalue weighted by Gasteiger charge is 2.73. The lowest BCUT2D eigenvalue weighted by Gasteiger charge is -2.27. The van der Waals surface area contributed by atoms with E-state index < -0.39 is 18.1 Å². The number of hydrazone groups is 1. The molecule has 0 saturated heterocycles. The molecule has 0 unspecified atom stereocenters. The fourth-order valence-corrected chi connectivity index (χ4v) is 1.47. The largest absolute Gasteiger partial charge is 0.493 e. The zero-order chi connectivity index (χ0) is 19.3. The van der Waals surface area contributed by atoms with Gasteiger partial charge in [0, 0.05) is 0 Å². The van der Waals surface area contributed by atoms with Crippen molar-refractivity contribution < 1.29 is 40.2 Å². The highest BCUT2D eigenvalue weighted by atomic mass is 19.4. The van der Waals surface area contributed by atoms with Gasteiger partial charge in [0.05, 0.1) is 13.3 Å². The molecule has 0 bridgehead atoms. The topological polar surface area (TPSA) is 42.8 Å². The van der Waals surface area contributed by atoms with Gasteiger partial charge in [0.25, 0.3) is 0 Å². The number of nitrogens with zero attached hydrogens (tertiary/aromatic N) is 1. The van der Waals surface area contributed by atoms with Crippen LogP contribution in [0.25, 0.3) is 0 Å². The Morgan fingerprint density at radius 2 is 1.76 bits per heavy atom. The minimum Gasteiger partial charge on any atom is -0.493 e. The fraction of sp³-hybridized carbons (Fsp3) is 0.357. The van der Waals surface area contributed by atoms with Gasteiger partial charge in [-0.3, -0.25) is 0 Å². The molecule has 140 valence electrons. The van der Waals surface area contributed by atoms with Crippen LogP contribution in [0.15, 0.2) is 36.0 Å². The maximum atomic E-state index is 13.0. The summed E-state index contributed by atoms with van der Waals surface area (Å²) in [4.78, 5) is 0. The summed E-state index contributed by atoms with van der Waals surface area (Å²) in [5.41, 5.74) is 0.606. The molecule has 11 heteroatoms. The molecule has 1 aromatic carbocycles. The first-order chi connectivity index (χ1) is 11.5. The number of nitrogens with one attached hydrogen (secondary N) is 1. The van der Waals surface area contributed by atoms with E-state index in [1.807, 2.05) is 0 Å². The van der Waals surface area contributed by atoms with Crippen LogP contribution in [0.4, 0.5) is 30.7 Å². The zero-order valence-electron chi connectivity index (χ0n) is 12.7. The smallest absolute Gasteiger partial charge is 0.462 e. The SMILES string of the molecule is C=CCOc1ccc(/C=N/NC(F)(F)C(F)(F)C(F)(F)F)cc1OC. The van der Waals surface area contributed by atoms with Gasteiger partial charge in [0.1, 0.15) is 6.61 Å². The molecule has 0 saturated carbocycles. The summed E-state index contributed by atoms with van der Waals surface area (Å²) in [6, 6.07) is -1.71. The summed E-state index contributed by atoms with van der Waals surface area (Å²) >= 11 is 0. The number of ether oxygens (including phenoxy) is 2. The Bertz CT molecular complexity index is 630. The van der Waals surface area contributed by atoms with Crippen LogP contribution in [0.3, 0.4) is 0 Å². The normalized spacial score (nSPS) is 13.0. The maximum absolute atomic E-state index is 13.0. The molecule has 0 atom stereocenters. The van der Waals surface area contributed by atoms with Crippen molar-refractivity contribution in [1.29, 1.82) is 0 Å². The number of benzene rings is 1. The quantitative estimate of drug-likeness (QED) is 0.246. The third-order valence-corrected chi connectivity index (χ3v) is 2.71. The zero-order valence-corrected chi connectivity index (χ0v) is 12.7. The number of hydrogen-bond acceptors (Lipinski definition) is 4. The number of rotatable bonds is 8. The Balaban J connectivity index is 2.90. The van der Waals surface area contributed by atoms with E-state index in [1.165, 1.54) is 31.4 Å². The number of alkyl halides is 7. The van der Waals surface area contributed by atoms with Crippen LogP contribution < -0.4 is 14.9 Å². The molecule has 0 heterocycles. The summed E-state index contributed by atoms with van der Waals surface area (Å²) in [7, 11) is 1.29. The Kier molecular flexibility index (Phi) is 6.27. The summed E-state index contributed by atoms with van der Waals surface area (Å²) in [6.45, 7) is 3.60. The van der Waals surface area contributed by atoms with Crippen molar-refractivity contribution in [2.75, 3.05) is 13.7 Å². The van der Waals surface area contributed by atoms with E-state index in [4.69, 9.17) is 9.47 Å². The molecular formula is C14H13F7N2O2. The molecule has 0 aromatic heterocycles. The Hall–Kier alpha value is -2.46. The van der Waals surface area contributed by atoms with Crippen molar-refractivity contribution in [1.82, 2.24) is 5.43 Å². The number of methoxy groups -OCH3 is 1. The predicted molar refractivity (Wildman–Crippen MR) is 75.4 cm³/mol. The highest BCUT2D eigenvalue weighted by Crippen LogP contribution is 2.45. The standard InChI is InChI=1S/C14H13F7N2O2/c1-3-6-25-10-5-4-9(7-11(10)24-2)8-22-23-14(20,21)12(15,16)13(17,18)19/h3-5,7-8,23H,1,6H2,2H3/b22-8+. The lowest BCUT2D eigenvalue weighted by atomic mass is 10.2. The number of halogens is 7. The van der Waals surface area contributed by atoms with Crippen molar-refractivity contribution in [3.63, 3.8) is 0 Å². The molecule has 0 radical (unpaired) electrons.